The van der Waals surface area contributed by atoms with Gasteiger partial charge in [-0.05, 0) is 6.42 Å². The van der Waals surface area contributed by atoms with Crippen LogP contribution in [0.5, 0.6) is 0 Å². The Balaban J connectivity index is -0.000000644. The molecule has 0 aromatic rings. The molecule has 0 radical (unpaired) electrons. The summed E-state index contributed by atoms with van der Waals surface area (Å²) in [7, 11) is -10.5. The van der Waals surface area contributed by atoms with Gasteiger partial charge < -0.3 is 10.2 Å². The number of aliphatic hydroxyl groups excluding tert-OH is 2. The lowest BCUT2D eigenvalue weighted by molar-refractivity contribution is -0.396. The van der Waals surface area contributed by atoms with E-state index in [1.165, 1.54) is 0 Å². The van der Waals surface area contributed by atoms with Crippen LogP contribution in [0.25, 0.3) is 0 Å². The lowest BCUT2D eigenvalue weighted by atomic mass is 10.0. The summed E-state index contributed by atoms with van der Waals surface area (Å²) in [6, 6.07) is 0. The zero-order valence-corrected chi connectivity index (χ0v) is 22.5. The number of alkyl halides is 18. The largest absolute Gasteiger partial charge is 0.460 e. The second-order valence-electron chi connectivity index (χ2n) is 8.02. The molecule has 1 unspecified atom stereocenters. The predicted octanol–water partition coefficient (Wildman–Crippen LogP) is 5.21. The molecule has 8 nitrogen and oxygen atoms in total. The van der Waals surface area contributed by atoms with Crippen LogP contribution in [0.15, 0.2) is 0 Å². The van der Waals surface area contributed by atoms with E-state index in [9.17, 15) is 95.9 Å². The Morgan fingerprint density at radius 3 is 0.864 bits per heavy atom. The van der Waals surface area contributed by atoms with Crippen LogP contribution >= 0.6 is 0 Å². The highest BCUT2D eigenvalue weighted by atomic mass is 32.2. The number of hydrogen-bond donors (Lipinski definition) is 4. The van der Waals surface area contributed by atoms with Crippen LogP contribution in [0.3, 0.4) is 0 Å². The summed E-state index contributed by atoms with van der Waals surface area (Å²) >= 11 is 0. The summed E-state index contributed by atoms with van der Waals surface area (Å²) in [6.07, 6.45) is -19.0. The summed E-state index contributed by atoms with van der Waals surface area (Å²) in [5.74, 6) is -44.1. The molecule has 0 rings (SSSR count). The van der Waals surface area contributed by atoms with Crippen molar-refractivity contribution in [1.29, 1.82) is 0 Å². The third kappa shape index (κ3) is 12.7. The molecular weight excluding hydrogens is 726 g/mol. The first kappa shape index (κ1) is 46.9. The molecule has 0 aliphatic rings. The van der Waals surface area contributed by atoms with E-state index >= 15 is 0 Å². The molecular formula is C16H20F18O8S2. The molecule has 0 bridgehead atoms. The van der Waals surface area contributed by atoms with Gasteiger partial charge in [0, 0.05) is 12.8 Å². The van der Waals surface area contributed by atoms with Crippen molar-refractivity contribution in [3.8, 4) is 0 Å². The first-order valence-corrected chi connectivity index (χ1v) is 13.5. The maximum atomic E-state index is 12.7. The van der Waals surface area contributed by atoms with Crippen LogP contribution in [-0.2, 0) is 20.2 Å². The molecule has 0 amide bonds. The van der Waals surface area contributed by atoms with Gasteiger partial charge in [0.2, 0.25) is 0 Å². The second kappa shape index (κ2) is 14.9. The Morgan fingerprint density at radius 2 is 0.750 bits per heavy atom. The zero-order chi connectivity index (χ0) is 36.8. The second-order valence-corrected chi connectivity index (χ2v) is 11.2. The molecule has 1 atom stereocenters. The SMILES string of the molecule is CCC(O)CO.O=S(=O)(O)CCC(F)(F)C(F)(F)C(F)(F)C(F)(F)F.O=S(=O)(O)CCC(F)(F)C(F)(F)C(F)(F)C(F)(F)F. The maximum Gasteiger partial charge on any atom is 0.460 e. The number of rotatable bonds is 12. The summed E-state index contributed by atoms with van der Waals surface area (Å²) in [6.45, 7) is 1.71. The summed E-state index contributed by atoms with van der Waals surface area (Å²) in [4.78, 5) is 0. The molecule has 0 spiro atoms. The van der Waals surface area contributed by atoms with Gasteiger partial charge in [0.05, 0.1) is 24.2 Å². The molecule has 0 saturated heterocycles. The average molecular weight is 746 g/mol. The fraction of sp³-hybridized carbons (Fsp3) is 1.00. The standard InChI is InChI=1S/2C6H5F9O3S.C4H10O2/c2*7-3(8,1-2-19(16,17)18)4(9,10)5(11,12)6(13,14)15;1-2-4(6)3-5/h2*1-2H2,(H,16,17,18);4-6H,2-3H2,1H3. The van der Waals surface area contributed by atoms with Gasteiger partial charge in [-0.3, -0.25) is 9.11 Å². The molecule has 28 heteroatoms. The summed E-state index contributed by atoms with van der Waals surface area (Å²) in [5, 5.41) is 16.5. The third-order valence-corrected chi connectivity index (χ3v) is 5.89. The van der Waals surface area contributed by atoms with Gasteiger partial charge in [0.1, 0.15) is 0 Å². The van der Waals surface area contributed by atoms with E-state index in [4.69, 9.17) is 19.3 Å². The number of aliphatic hydroxyl groups is 2. The van der Waals surface area contributed by atoms with Crippen LogP contribution in [0, 0.1) is 0 Å². The Morgan fingerprint density at radius 1 is 0.523 bits per heavy atom. The lowest BCUT2D eigenvalue weighted by Gasteiger charge is -2.33. The molecule has 0 saturated carbocycles. The molecule has 0 fully saturated rings. The van der Waals surface area contributed by atoms with Gasteiger partial charge in [0.25, 0.3) is 20.2 Å². The monoisotopic (exact) mass is 746 g/mol. The first-order chi connectivity index (χ1) is 18.7. The highest BCUT2D eigenvalue weighted by Gasteiger charge is 2.82. The highest BCUT2D eigenvalue weighted by molar-refractivity contribution is 7.86. The van der Waals surface area contributed by atoms with E-state index < -0.39 is 98.6 Å². The van der Waals surface area contributed by atoms with Crippen LogP contribution in [-0.4, -0.2) is 108 Å². The molecule has 0 heterocycles. The molecule has 0 aliphatic carbocycles. The average Bonchev–Trinajstić information content (AvgIpc) is 2.79. The van der Waals surface area contributed by atoms with Gasteiger partial charge >= 0.3 is 47.9 Å². The lowest BCUT2D eigenvalue weighted by Crippen LogP contribution is -2.61. The highest BCUT2D eigenvalue weighted by Crippen LogP contribution is 2.55. The molecule has 0 aliphatic heterocycles. The topological polar surface area (TPSA) is 149 Å². The molecule has 0 aromatic heterocycles. The van der Waals surface area contributed by atoms with Gasteiger partial charge in [-0.15, -0.1) is 0 Å². The zero-order valence-electron chi connectivity index (χ0n) is 20.9. The van der Waals surface area contributed by atoms with Crippen molar-refractivity contribution in [3.63, 3.8) is 0 Å². The Hall–Kier alpha value is -1.52. The Kier molecular flexibility index (Phi) is 15.9. The minimum atomic E-state index is -7.07. The van der Waals surface area contributed by atoms with Gasteiger partial charge in [-0.2, -0.15) is 95.9 Å². The Bertz CT molecular complexity index is 1020. The van der Waals surface area contributed by atoms with Crippen LogP contribution in [0.2, 0.25) is 0 Å². The van der Waals surface area contributed by atoms with E-state index in [0.717, 1.165) is 0 Å². The van der Waals surface area contributed by atoms with Crippen molar-refractivity contribution in [1.82, 2.24) is 0 Å². The minimum Gasteiger partial charge on any atom is -0.394 e. The third-order valence-electron chi connectivity index (χ3n) is 4.45. The molecule has 44 heavy (non-hydrogen) atoms. The van der Waals surface area contributed by atoms with E-state index in [0.29, 0.717) is 6.42 Å². The normalized spacial score (nSPS) is 15.5. The maximum absolute atomic E-state index is 12.7. The summed E-state index contributed by atoms with van der Waals surface area (Å²) < 4.78 is 276. The van der Waals surface area contributed by atoms with Crippen molar-refractivity contribution in [2.24, 2.45) is 0 Å². The number of hydrogen-bond acceptors (Lipinski definition) is 6. The molecule has 4 N–H and O–H groups in total. The van der Waals surface area contributed by atoms with Gasteiger partial charge in [-0.1, -0.05) is 6.92 Å². The van der Waals surface area contributed by atoms with Crippen LogP contribution in [0.4, 0.5) is 79.0 Å². The fourth-order valence-corrected chi connectivity index (χ4v) is 2.80. The molecule has 0 aromatic carbocycles. The van der Waals surface area contributed by atoms with Crippen molar-refractivity contribution in [3.05, 3.63) is 0 Å². The van der Waals surface area contributed by atoms with Crippen LogP contribution < -0.4 is 0 Å². The van der Waals surface area contributed by atoms with E-state index in [2.05, 4.69) is 0 Å². The Labute approximate surface area is 234 Å². The summed E-state index contributed by atoms with van der Waals surface area (Å²) in [5.41, 5.74) is 0. The molecule has 270 valence electrons. The minimum absolute atomic E-state index is 0.115. The van der Waals surface area contributed by atoms with E-state index in [-0.39, 0.29) is 6.61 Å². The van der Waals surface area contributed by atoms with Gasteiger partial charge in [0.15, 0.2) is 0 Å². The van der Waals surface area contributed by atoms with Crippen molar-refractivity contribution >= 4 is 20.2 Å². The van der Waals surface area contributed by atoms with Crippen molar-refractivity contribution in [2.45, 2.75) is 80.2 Å². The van der Waals surface area contributed by atoms with E-state index in [1.807, 2.05) is 6.92 Å². The van der Waals surface area contributed by atoms with Crippen molar-refractivity contribution < 1.29 is 115 Å². The fourth-order valence-electron chi connectivity index (χ4n) is 1.77. The predicted molar refractivity (Wildman–Crippen MR) is 107 cm³/mol. The quantitative estimate of drug-likeness (QED) is 0.157. The van der Waals surface area contributed by atoms with Crippen LogP contribution in [0.1, 0.15) is 26.2 Å². The van der Waals surface area contributed by atoms with Gasteiger partial charge in [-0.25, -0.2) is 0 Å². The van der Waals surface area contributed by atoms with E-state index in [1.54, 1.807) is 0 Å². The van der Waals surface area contributed by atoms with Crippen molar-refractivity contribution in [2.75, 3.05) is 18.1 Å². The first-order valence-electron chi connectivity index (χ1n) is 10.3. The number of halogens is 18. The smallest absolute Gasteiger partial charge is 0.394 e.